The van der Waals surface area contributed by atoms with Gasteiger partial charge in [0, 0.05) is 41.5 Å². The number of carbonyl (C=O) groups excluding carboxylic acids is 1. The number of aromatic nitrogens is 1. The average molecular weight is 495 g/mol. The van der Waals surface area contributed by atoms with Crippen LogP contribution in [0.25, 0.3) is 0 Å². The summed E-state index contributed by atoms with van der Waals surface area (Å²) in [6.07, 6.45) is 0.547. The fraction of sp³-hybridized carbons (Fsp3) is 0.500. The number of hydrogen-bond donors (Lipinski definition) is 3. The Labute approximate surface area is 200 Å². The highest BCUT2D eigenvalue weighted by atomic mass is 32.1. The molecule has 1 aromatic heterocycles. The van der Waals surface area contributed by atoms with Gasteiger partial charge in [0.05, 0.1) is 18.2 Å². The third-order valence-corrected chi connectivity index (χ3v) is 7.66. The first-order valence-electron chi connectivity index (χ1n) is 11.3. The molecule has 2 aromatic rings. The summed E-state index contributed by atoms with van der Waals surface area (Å²) < 4.78 is 38.5. The second kappa shape index (κ2) is 9.67. The van der Waals surface area contributed by atoms with Crippen molar-refractivity contribution in [2.75, 3.05) is 19.6 Å². The van der Waals surface area contributed by atoms with E-state index < -0.39 is 23.2 Å². The molecule has 1 saturated heterocycles. The van der Waals surface area contributed by atoms with Crippen LogP contribution in [0.15, 0.2) is 42.7 Å². The molecule has 1 aliphatic heterocycles. The molecule has 10 heteroatoms. The van der Waals surface area contributed by atoms with Crippen molar-refractivity contribution in [3.8, 4) is 0 Å². The Morgan fingerprint density at radius 2 is 2.03 bits per heavy atom. The molecule has 1 aliphatic carbocycles. The molecule has 0 atom stereocenters. The van der Waals surface area contributed by atoms with Gasteiger partial charge in [-0.25, -0.2) is 4.98 Å². The lowest BCUT2D eigenvalue weighted by molar-refractivity contribution is -0.137. The van der Waals surface area contributed by atoms with Gasteiger partial charge in [0.2, 0.25) is 0 Å². The van der Waals surface area contributed by atoms with Crippen LogP contribution in [0.2, 0.25) is 0 Å². The molecule has 0 unspecified atom stereocenters. The highest BCUT2D eigenvalue weighted by molar-refractivity contribution is 7.11. The first-order chi connectivity index (χ1) is 16.0. The maximum atomic E-state index is 12.8. The number of likely N-dealkylation sites (tertiary alicyclic amines) is 1. The van der Waals surface area contributed by atoms with Gasteiger partial charge >= 0.3 is 6.18 Å². The monoisotopic (exact) mass is 494 g/mol. The molecule has 2 heterocycles. The fourth-order valence-electron chi connectivity index (χ4n) is 4.60. The van der Waals surface area contributed by atoms with Gasteiger partial charge in [-0.2, -0.15) is 13.2 Å². The number of thiazole rings is 1. The van der Waals surface area contributed by atoms with Gasteiger partial charge in [0.25, 0.3) is 5.91 Å². The zero-order chi connectivity index (χ0) is 24.5. The Morgan fingerprint density at radius 3 is 2.65 bits per heavy atom. The van der Waals surface area contributed by atoms with E-state index in [-0.39, 0.29) is 18.2 Å². The smallest absolute Gasteiger partial charge is 0.383 e. The number of alkyl halides is 3. The zero-order valence-electron chi connectivity index (χ0n) is 19.0. The number of aliphatic hydroxyl groups is 1. The van der Waals surface area contributed by atoms with E-state index in [1.54, 1.807) is 11.3 Å². The lowest BCUT2D eigenvalue weighted by Gasteiger charge is -2.48. The van der Waals surface area contributed by atoms with Crippen LogP contribution in [0.1, 0.15) is 51.5 Å². The number of benzene rings is 1. The van der Waals surface area contributed by atoms with Gasteiger partial charge in [-0.15, -0.1) is 11.3 Å². The lowest BCUT2D eigenvalue weighted by Crippen LogP contribution is -2.62. The van der Waals surface area contributed by atoms with Gasteiger partial charge in [-0.1, -0.05) is 12.6 Å². The van der Waals surface area contributed by atoms with E-state index in [9.17, 15) is 23.1 Å². The summed E-state index contributed by atoms with van der Waals surface area (Å²) in [6, 6.07) is 4.99. The molecule has 1 saturated carbocycles. The number of amides is 1. The fourth-order valence-corrected chi connectivity index (χ4v) is 5.51. The van der Waals surface area contributed by atoms with Gasteiger partial charge in [-0.3, -0.25) is 9.69 Å². The summed E-state index contributed by atoms with van der Waals surface area (Å²) >= 11 is 1.56. The van der Waals surface area contributed by atoms with Crippen molar-refractivity contribution in [2.45, 2.75) is 56.5 Å². The summed E-state index contributed by atoms with van der Waals surface area (Å²) in [6.45, 7) is 7.75. The zero-order valence-corrected chi connectivity index (χ0v) is 19.8. The van der Waals surface area contributed by atoms with Gasteiger partial charge in [-0.05, 0) is 50.8 Å². The third kappa shape index (κ3) is 5.61. The normalized spacial score (nSPS) is 23.9. The second-order valence-corrected chi connectivity index (χ2v) is 10.4. The van der Waals surface area contributed by atoms with Crippen LogP contribution in [-0.2, 0) is 11.8 Å². The van der Waals surface area contributed by atoms with E-state index in [0.29, 0.717) is 24.6 Å². The van der Waals surface area contributed by atoms with Crippen molar-refractivity contribution in [2.24, 2.45) is 0 Å². The minimum absolute atomic E-state index is 0.0392. The molecule has 0 spiro atoms. The number of halogens is 3. The molecule has 0 radical (unpaired) electrons. The van der Waals surface area contributed by atoms with Crippen LogP contribution in [0.3, 0.4) is 0 Å². The Balaban J connectivity index is 1.17. The molecule has 2 fully saturated rings. The SMILES string of the molecule is C=C(CNC(=O)c1cccc(C(F)(F)F)c1)NC1CN([C@H]2CC[C@@](O)(c3ncc(C)s3)CC2)C1. The largest absolute Gasteiger partial charge is 0.416 e. The summed E-state index contributed by atoms with van der Waals surface area (Å²) in [5.74, 6) is -0.575. The van der Waals surface area contributed by atoms with Crippen molar-refractivity contribution in [3.63, 3.8) is 0 Å². The van der Waals surface area contributed by atoms with Crippen molar-refractivity contribution in [3.05, 3.63) is 63.7 Å². The molecule has 2 aliphatic rings. The Bertz CT molecular complexity index is 1040. The highest BCUT2D eigenvalue weighted by Crippen LogP contribution is 2.40. The number of nitrogens with one attached hydrogen (secondary N) is 2. The second-order valence-electron chi connectivity index (χ2n) is 9.20. The minimum Gasteiger partial charge on any atom is -0.383 e. The third-order valence-electron chi connectivity index (χ3n) is 6.55. The first-order valence-corrected chi connectivity index (χ1v) is 12.1. The molecule has 0 bridgehead atoms. The summed E-state index contributed by atoms with van der Waals surface area (Å²) in [7, 11) is 0. The number of carbonyl (C=O) groups is 1. The summed E-state index contributed by atoms with van der Waals surface area (Å²) in [5, 5.41) is 17.7. The van der Waals surface area contributed by atoms with Crippen LogP contribution in [0, 0.1) is 6.92 Å². The molecule has 6 nitrogen and oxygen atoms in total. The van der Waals surface area contributed by atoms with E-state index in [4.69, 9.17) is 0 Å². The van der Waals surface area contributed by atoms with Crippen LogP contribution in [-0.4, -0.2) is 52.6 Å². The van der Waals surface area contributed by atoms with Crippen LogP contribution >= 0.6 is 11.3 Å². The maximum absolute atomic E-state index is 12.8. The lowest BCUT2D eigenvalue weighted by atomic mass is 9.81. The van der Waals surface area contributed by atoms with Gasteiger partial charge < -0.3 is 15.7 Å². The minimum atomic E-state index is -4.49. The number of hydrogen-bond acceptors (Lipinski definition) is 6. The number of rotatable bonds is 7. The Kier molecular flexibility index (Phi) is 7.02. The molecular weight excluding hydrogens is 465 g/mol. The van der Waals surface area contributed by atoms with Crippen molar-refractivity contribution in [1.82, 2.24) is 20.5 Å². The molecule has 1 amide bonds. The highest BCUT2D eigenvalue weighted by Gasteiger charge is 2.41. The van der Waals surface area contributed by atoms with Gasteiger partial charge in [0.1, 0.15) is 10.6 Å². The van der Waals surface area contributed by atoms with Crippen LogP contribution in [0.4, 0.5) is 13.2 Å². The molecule has 34 heavy (non-hydrogen) atoms. The van der Waals surface area contributed by atoms with E-state index in [2.05, 4.69) is 27.1 Å². The maximum Gasteiger partial charge on any atom is 0.416 e. The van der Waals surface area contributed by atoms with Crippen molar-refractivity contribution >= 4 is 17.2 Å². The molecule has 1 aromatic carbocycles. The molecule has 184 valence electrons. The molecule has 3 N–H and O–H groups in total. The summed E-state index contributed by atoms with van der Waals surface area (Å²) in [4.78, 5) is 20.1. The number of nitrogens with zero attached hydrogens (tertiary/aromatic N) is 2. The van der Waals surface area contributed by atoms with Crippen molar-refractivity contribution < 1.29 is 23.1 Å². The molecule has 4 rings (SSSR count). The number of aryl methyl sites for hydroxylation is 1. The van der Waals surface area contributed by atoms with Crippen LogP contribution < -0.4 is 10.6 Å². The van der Waals surface area contributed by atoms with Crippen molar-refractivity contribution in [1.29, 1.82) is 0 Å². The Morgan fingerprint density at radius 1 is 1.32 bits per heavy atom. The van der Waals surface area contributed by atoms with Crippen LogP contribution in [0.5, 0.6) is 0 Å². The predicted octanol–water partition coefficient (Wildman–Crippen LogP) is 3.82. The van der Waals surface area contributed by atoms with E-state index in [1.165, 1.54) is 12.1 Å². The van der Waals surface area contributed by atoms with E-state index in [1.807, 2.05) is 13.1 Å². The molecular formula is C24H29F3N4O2S. The average Bonchev–Trinajstić information content (AvgIpc) is 3.22. The van der Waals surface area contributed by atoms with E-state index in [0.717, 1.165) is 47.9 Å². The quantitative estimate of drug-likeness (QED) is 0.546. The van der Waals surface area contributed by atoms with E-state index >= 15 is 0 Å². The Hall–Kier alpha value is -2.43. The standard InChI is InChI=1S/C24H29F3N4O2S/c1-15(11-28-21(32)17-4-3-5-18(10-17)24(25,26)27)30-19-13-31(14-19)20-6-8-23(33,9-7-20)22-29-12-16(2)34-22/h3-5,10,12,19-20,30,33H,1,6-9,11,13-14H2,2H3,(H,28,32)/t20-,23-. The summed E-state index contributed by atoms with van der Waals surface area (Å²) in [5.41, 5.74) is -1.09. The first kappa shape index (κ1) is 24.7. The predicted molar refractivity (Wildman–Crippen MR) is 124 cm³/mol. The topological polar surface area (TPSA) is 77.5 Å². The van der Waals surface area contributed by atoms with Gasteiger partial charge in [0.15, 0.2) is 0 Å².